The largest absolute Gasteiger partial charge is 0.317 e. The first-order valence-corrected chi connectivity index (χ1v) is 8.44. The number of rotatable bonds is 7. The highest BCUT2D eigenvalue weighted by molar-refractivity contribution is 7.91. The first-order chi connectivity index (χ1) is 7.95. The molecule has 0 spiro atoms. The fourth-order valence-corrected chi connectivity index (χ4v) is 3.16. The van der Waals surface area contributed by atoms with E-state index in [0.29, 0.717) is 5.01 Å². The topological polar surface area (TPSA) is 72.0 Å². The average Bonchev–Trinajstić information content (AvgIpc) is 2.70. The van der Waals surface area contributed by atoms with Gasteiger partial charge in [-0.05, 0) is 26.4 Å². The van der Waals surface area contributed by atoms with Gasteiger partial charge in [0.25, 0.3) is 0 Å². The highest BCUT2D eigenvalue weighted by Gasteiger charge is 2.21. The van der Waals surface area contributed by atoms with E-state index in [4.69, 9.17) is 0 Å². The van der Waals surface area contributed by atoms with Crippen molar-refractivity contribution >= 4 is 21.2 Å². The van der Waals surface area contributed by atoms with Crippen LogP contribution in [0.15, 0.2) is 0 Å². The Morgan fingerprint density at radius 3 is 2.71 bits per heavy atom. The Labute approximate surface area is 107 Å². The lowest BCUT2D eigenvalue weighted by molar-refractivity contribution is 0.591. The standard InChI is InChI=1S/C10H19N3O2S2/c1-4-11-7-5-6-9-12-13-10(16-9)8(2)17(3,14)15/h8,11H,4-7H2,1-3H3. The van der Waals surface area contributed by atoms with E-state index >= 15 is 0 Å². The number of sulfone groups is 1. The Morgan fingerprint density at radius 1 is 1.41 bits per heavy atom. The zero-order valence-corrected chi connectivity index (χ0v) is 12.1. The lowest BCUT2D eigenvalue weighted by Gasteiger charge is -2.02. The van der Waals surface area contributed by atoms with Gasteiger partial charge in [0.1, 0.15) is 15.3 Å². The lowest BCUT2D eigenvalue weighted by atomic mass is 10.3. The molecule has 0 aliphatic rings. The molecule has 7 heteroatoms. The Kier molecular flexibility index (Phi) is 5.48. The van der Waals surface area contributed by atoms with E-state index in [1.807, 2.05) is 0 Å². The summed E-state index contributed by atoms with van der Waals surface area (Å²) in [6.07, 6.45) is 3.07. The van der Waals surface area contributed by atoms with Crippen LogP contribution < -0.4 is 5.32 Å². The van der Waals surface area contributed by atoms with Crippen molar-refractivity contribution in [1.29, 1.82) is 0 Å². The SMILES string of the molecule is CCNCCCc1nnc(C(C)S(C)(=O)=O)s1. The summed E-state index contributed by atoms with van der Waals surface area (Å²) in [5.41, 5.74) is 0. The number of hydrogen-bond donors (Lipinski definition) is 1. The minimum Gasteiger partial charge on any atom is -0.317 e. The number of nitrogens with zero attached hydrogens (tertiary/aromatic N) is 2. The van der Waals surface area contributed by atoms with Crippen LogP contribution in [-0.2, 0) is 16.3 Å². The maximum absolute atomic E-state index is 11.4. The van der Waals surface area contributed by atoms with Crippen LogP contribution in [0.2, 0.25) is 0 Å². The van der Waals surface area contributed by atoms with Crippen LogP contribution >= 0.6 is 11.3 Å². The van der Waals surface area contributed by atoms with Gasteiger partial charge in [0.05, 0.1) is 0 Å². The quantitative estimate of drug-likeness (QED) is 0.758. The van der Waals surface area contributed by atoms with Crippen molar-refractivity contribution in [3.8, 4) is 0 Å². The van der Waals surface area contributed by atoms with Crippen molar-refractivity contribution in [3.05, 3.63) is 10.0 Å². The van der Waals surface area contributed by atoms with Gasteiger partial charge in [-0.25, -0.2) is 8.42 Å². The summed E-state index contributed by atoms with van der Waals surface area (Å²) in [4.78, 5) is 0. The maximum Gasteiger partial charge on any atom is 0.156 e. The minimum absolute atomic E-state index is 0.553. The summed E-state index contributed by atoms with van der Waals surface area (Å²) in [6.45, 7) is 5.63. The molecule has 1 N–H and O–H groups in total. The fraction of sp³-hybridized carbons (Fsp3) is 0.800. The summed E-state index contributed by atoms with van der Waals surface area (Å²) in [7, 11) is -3.08. The van der Waals surface area contributed by atoms with Crippen LogP contribution in [-0.4, -0.2) is 38.0 Å². The van der Waals surface area contributed by atoms with E-state index < -0.39 is 15.1 Å². The second-order valence-corrected chi connectivity index (χ2v) is 7.42. The smallest absolute Gasteiger partial charge is 0.156 e. The highest BCUT2D eigenvalue weighted by Crippen LogP contribution is 2.24. The molecule has 0 fully saturated rings. The molecule has 98 valence electrons. The van der Waals surface area contributed by atoms with E-state index in [9.17, 15) is 8.42 Å². The molecule has 0 aliphatic carbocycles. The van der Waals surface area contributed by atoms with Crippen LogP contribution in [0.3, 0.4) is 0 Å². The van der Waals surface area contributed by atoms with Crippen LogP contribution in [0, 0.1) is 0 Å². The summed E-state index contributed by atoms with van der Waals surface area (Å²) in [5.74, 6) is 0. The van der Waals surface area contributed by atoms with Gasteiger partial charge in [0.15, 0.2) is 9.84 Å². The molecule has 1 aromatic rings. The van der Waals surface area contributed by atoms with E-state index in [2.05, 4.69) is 22.4 Å². The normalized spacial score (nSPS) is 13.8. The third kappa shape index (κ3) is 4.69. The predicted molar refractivity (Wildman–Crippen MR) is 70.0 cm³/mol. The van der Waals surface area contributed by atoms with Crippen molar-refractivity contribution in [2.45, 2.75) is 31.9 Å². The summed E-state index contributed by atoms with van der Waals surface area (Å²) in [6, 6.07) is 0. The molecule has 1 aromatic heterocycles. The first-order valence-electron chi connectivity index (χ1n) is 5.67. The maximum atomic E-state index is 11.4. The molecule has 0 aliphatic heterocycles. The van der Waals surface area contributed by atoms with Gasteiger partial charge in [-0.15, -0.1) is 21.5 Å². The fourth-order valence-electron chi connectivity index (χ4n) is 1.26. The zero-order valence-electron chi connectivity index (χ0n) is 10.4. The van der Waals surface area contributed by atoms with Gasteiger partial charge in [-0.1, -0.05) is 6.92 Å². The molecule has 0 radical (unpaired) electrons. The van der Waals surface area contributed by atoms with E-state index in [1.54, 1.807) is 6.92 Å². The minimum atomic E-state index is -3.08. The molecule has 1 atom stereocenters. The van der Waals surface area contributed by atoms with Crippen molar-refractivity contribution in [3.63, 3.8) is 0 Å². The van der Waals surface area contributed by atoms with Crippen LogP contribution in [0.4, 0.5) is 0 Å². The number of aromatic nitrogens is 2. The molecule has 0 amide bonds. The number of aryl methyl sites for hydroxylation is 1. The molecule has 0 aromatic carbocycles. The second kappa shape index (κ2) is 6.42. The van der Waals surface area contributed by atoms with Gasteiger partial charge in [-0.3, -0.25) is 0 Å². The second-order valence-electron chi connectivity index (χ2n) is 3.96. The molecule has 17 heavy (non-hydrogen) atoms. The molecule has 1 rings (SSSR count). The molecule has 0 saturated heterocycles. The Bertz CT molecular complexity index is 442. The van der Waals surface area contributed by atoms with Crippen LogP contribution in [0.5, 0.6) is 0 Å². The average molecular weight is 277 g/mol. The van der Waals surface area contributed by atoms with Gasteiger partial charge in [0, 0.05) is 12.7 Å². The Hall–Kier alpha value is -0.530. The molecule has 1 heterocycles. The highest BCUT2D eigenvalue weighted by atomic mass is 32.2. The lowest BCUT2D eigenvalue weighted by Crippen LogP contribution is -2.14. The monoisotopic (exact) mass is 277 g/mol. The van der Waals surface area contributed by atoms with E-state index in [0.717, 1.165) is 30.9 Å². The summed E-state index contributed by atoms with van der Waals surface area (Å²) in [5, 5.41) is 12.2. The van der Waals surface area contributed by atoms with Crippen molar-refractivity contribution < 1.29 is 8.42 Å². The molecule has 1 unspecified atom stereocenters. The van der Waals surface area contributed by atoms with E-state index in [-0.39, 0.29) is 0 Å². The van der Waals surface area contributed by atoms with Crippen molar-refractivity contribution in [2.75, 3.05) is 19.3 Å². The number of hydrogen-bond acceptors (Lipinski definition) is 6. The van der Waals surface area contributed by atoms with Gasteiger partial charge in [-0.2, -0.15) is 0 Å². The van der Waals surface area contributed by atoms with Crippen LogP contribution in [0.25, 0.3) is 0 Å². The predicted octanol–water partition coefficient (Wildman–Crippen LogP) is 1.19. The summed E-state index contributed by atoms with van der Waals surface area (Å²) >= 11 is 1.40. The van der Waals surface area contributed by atoms with Crippen molar-refractivity contribution in [2.24, 2.45) is 0 Å². The first kappa shape index (κ1) is 14.5. The van der Waals surface area contributed by atoms with Gasteiger partial charge >= 0.3 is 0 Å². The van der Waals surface area contributed by atoms with E-state index in [1.165, 1.54) is 17.6 Å². The number of nitrogens with one attached hydrogen (secondary N) is 1. The molecular weight excluding hydrogens is 258 g/mol. The zero-order chi connectivity index (χ0) is 12.9. The van der Waals surface area contributed by atoms with Crippen molar-refractivity contribution in [1.82, 2.24) is 15.5 Å². The third-order valence-electron chi connectivity index (χ3n) is 2.47. The molecule has 0 bridgehead atoms. The third-order valence-corrected chi connectivity index (χ3v) is 5.29. The molecule has 5 nitrogen and oxygen atoms in total. The van der Waals surface area contributed by atoms with Gasteiger partial charge in [0.2, 0.25) is 0 Å². The molecular formula is C10H19N3O2S2. The van der Waals surface area contributed by atoms with Crippen LogP contribution in [0.1, 0.15) is 35.5 Å². The molecule has 0 saturated carbocycles. The Morgan fingerprint density at radius 2 is 2.12 bits per heavy atom. The Balaban J connectivity index is 2.54. The van der Waals surface area contributed by atoms with Gasteiger partial charge < -0.3 is 5.32 Å². The summed E-state index contributed by atoms with van der Waals surface area (Å²) < 4.78 is 22.7.